The first-order valence-corrected chi connectivity index (χ1v) is 19.3. The van der Waals surface area contributed by atoms with Crippen LogP contribution in [0.2, 0.25) is 0 Å². The highest BCUT2D eigenvalue weighted by atomic mass is 16.6. The van der Waals surface area contributed by atoms with Gasteiger partial charge in [-0.15, -0.1) is 0 Å². The van der Waals surface area contributed by atoms with Gasteiger partial charge in [-0.1, -0.05) is 180 Å². The van der Waals surface area contributed by atoms with Crippen molar-refractivity contribution in [2.24, 2.45) is 0 Å². The second-order valence-electron chi connectivity index (χ2n) is 13.0. The van der Waals surface area contributed by atoms with Crippen LogP contribution in [0.1, 0.15) is 206 Å². The molecule has 0 aliphatic heterocycles. The van der Waals surface area contributed by atoms with Gasteiger partial charge in [-0.2, -0.15) is 0 Å². The number of aliphatic hydroxyl groups excluding tert-OH is 1. The largest absolute Gasteiger partial charge is 0.457 e. The molecule has 4 nitrogen and oxygen atoms in total. The number of unbranched alkanes of at least 4 members (excludes halogenated alkanes) is 26. The molecule has 0 saturated heterocycles. The van der Waals surface area contributed by atoms with Crippen LogP contribution >= 0.6 is 0 Å². The normalized spacial score (nSPS) is 12.3. The third kappa shape index (κ3) is 35.5. The van der Waals surface area contributed by atoms with Crippen LogP contribution in [0.3, 0.4) is 0 Å². The minimum atomic E-state index is -0.529. The van der Waals surface area contributed by atoms with Gasteiger partial charge in [0.25, 0.3) is 0 Å². The zero-order valence-corrected chi connectivity index (χ0v) is 29.2. The Kier molecular flexibility index (Phi) is 36.6. The highest BCUT2D eigenvalue weighted by molar-refractivity contribution is 5.69. The molecule has 0 bridgehead atoms. The summed E-state index contributed by atoms with van der Waals surface area (Å²) in [6.07, 6.45) is 42.6. The van der Waals surface area contributed by atoms with Crippen molar-refractivity contribution in [1.82, 2.24) is 0 Å². The van der Waals surface area contributed by atoms with E-state index in [0.29, 0.717) is 19.6 Å². The van der Waals surface area contributed by atoms with Gasteiger partial charge in [0.1, 0.15) is 6.10 Å². The van der Waals surface area contributed by atoms with E-state index < -0.39 is 6.10 Å². The molecule has 0 fully saturated rings. The number of carbonyl (C=O) groups excluding carboxylic acids is 1. The fourth-order valence-electron chi connectivity index (χ4n) is 5.66. The Labute approximate surface area is 269 Å². The van der Waals surface area contributed by atoms with Crippen LogP contribution < -0.4 is 0 Å². The minimum Gasteiger partial charge on any atom is -0.457 e. The molecular weight excluding hydrogens is 532 g/mol. The lowest BCUT2D eigenvalue weighted by molar-refractivity contribution is -0.154. The van der Waals surface area contributed by atoms with Crippen molar-refractivity contribution in [1.29, 1.82) is 0 Å². The molecule has 0 rings (SSSR count). The van der Waals surface area contributed by atoms with Gasteiger partial charge in [0.15, 0.2) is 0 Å². The molecule has 0 aromatic carbocycles. The maximum atomic E-state index is 12.1. The summed E-state index contributed by atoms with van der Waals surface area (Å²) >= 11 is 0. The third-order valence-corrected chi connectivity index (χ3v) is 8.59. The molecule has 256 valence electrons. The van der Waals surface area contributed by atoms with Gasteiger partial charge < -0.3 is 14.6 Å². The van der Waals surface area contributed by atoms with Gasteiger partial charge in [0.2, 0.25) is 0 Å². The van der Waals surface area contributed by atoms with E-state index in [1.165, 1.54) is 167 Å². The van der Waals surface area contributed by atoms with Crippen LogP contribution in [0.25, 0.3) is 0 Å². The zero-order chi connectivity index (χ0) is 31.3. The summed E-state index contributed by atoms with van der Waals surface area (Å²) in [6.45, 7) is 5.33. The quantitative estimate of drug-likeness (QED) is 0.0437. The smallest absolute Gasteiger partial charge is 0.306 e. The molecule has 0 amide bonds. The van der Waals surface area contributed by atoms with E-state index in [-0.39, 0.29) is 12.6 Å². The lowest BCUT2D eigenvalue weighted by Crippen LogP contribution is -2.27. The van der Waals surface area contributed by atoms with Crippen LogP contribution in [0.15, 0.2) is 12.2 Å². The summed E-state index contributed by atoms with van der Waals surface area (Å²) < 4.78 is 11.1. The Morgan fingerprint density at radius 2 is 0.930 bits per heavy atom. The Morgan fingerprint density at radius 1 is 0.535 bits per heavy atom. The number of rotatable bonds is 36. The van der Waals surface area contributed by atoms with E-state index in [9.17, 15) is 9.90 Å². The molecule has 0 heterocycles. The molecular formula is C39H76O4. The van der Waals surface area contributed by atoms with Gasteiger partial charge in [0.05, 0.1) is 13.2 Å². The Hall–Kier alpha value is -0.870. The molecule has 0 aromatic rings. The first kappa shape index (κ1) is 42.1. The minimum absolute atomic E-state index is 0.169. The van der Waals surface area contributed by atoms with Gasteiger partial charge in [0, 0.05) is 13.0 Å². The van der Waals surface area contributed by atoms with E-state index in [1.54, 1.807) is 0 Å². The molecule has 0 saturated carbocycles. The van der Waals surface area contributed by atoms with E-state index in [0.717, 1.165) is 19.3 Å². The van der Waals surface area contributed by atoms with E-state index in [1.807, 2.05) is 0 Å². The van der Waals surface area contributed by atoms with E-state index in [2.05, 4.69) is 26.0 Å². The van der Waals surface area contributed by atoms with Gasteiger partial charge >= 0.3 is 5.97 Å². The number of ether oxygens (including phenoxy) is 2. The molecule has 0 aromatic heterocycles. The molecule has 0 radical (unpaired) electrons. The van der Waals surface area contributed by atoms with Gasteiger partial charge in [-0.25, -0.2) is 0 Å². The van der Waals surface area contributed by atoms with Crippen molar-refractivity contribution >= 4 is 5.97 Å². The number of carbonyl (C=O) groups is 1. The molecule has 1 atom stereocenters. The highest BCUT2D eigenvalue weighted by Crippen LogP contribution is 2.15. The van der Waals surface area contributed by atoms with Crippen molar-refractivity contribution in [3.8, 4) is 0 Å². The average molecular weight is 609 g/mol. The summed E-state index contributed by atoms with van der Waals surface area (Å²) in [4.78, 5) is 12.1. The van der Waals surface area contributed by atoms with Crippen LogP contribution in [-0.2, 0) is 14.3 Å². The first-order valence-electron chi connectivity index (χ1n) is 19.3. The first-order chi connectivity index (χ1) is 21.2. The van der Waals surface area contributed by atoms with Crippen molar-refractivity contribution in [2.75, 3.05) is 19.8 Å². The summed E-state index contributed by atoms with van der Waals surface area (Å²) in [5.74, 6) is -0.199. The molecule has 1 unspecified atom stereocenters. The van der Waals surface area contributed by atoms with E-state index in [4.69, 9.17) is 9.47 Å². The Bertz CT molecular complexity index is 561. The monoisotopic (exact) mass is 609 g/mol. The van der Waals surface area contributed by atoms with Crippen LogP contribution in [0.5, 0.6) is 0 Å². The van der Waals surface area contributed by atoms with Crippen molar-refractivity contribution in [3.63, 3.8) is 0 Å². The lowest BCUT2D eigenvalue weighted by Gasteiger charge is -2.15. The topological polar surface area (TPSA) is 55.8 Å². The fraction of sp³-hybridized carbons (Fsp3) is 0.923. The second kappa shape index (κ2) is 37.3. The Balaban J connectivity index is 3.38. The van der Waals surface area contributed by atoms with Crippen molar-refractivity contribution < 1.29 is 19.4 Å². The number of hydrogen-bond acceptors (Lipinski definition) is 4. The van der Waals surface area contributed by atoms with E-state index >= 15 is 0 Å². The summed E-state index contributed by atoms with van der Waals surface area (Å²) in [6, 6.07) is 0. The van der Waals surface area contributed by atoms with Crippen LogP contribution in [0, 0.1) is 0 Å². The maximum Gasteiger partial charge on any atom is 0.306 e. The molecule has 0 aliphatic carbocycles. The zero-order valence-electron chi connectivity index (χ0n) is 29.2. The maximum absolute atomic E-state index is 12.1. The molecule has 43 heavy (non-hydrogen) atoms. The molecule has 1 N–H and O–H groups in total. The fourth-order valence-corrected chi connectivity index (χ4v) is 5.66. The highest BCUT2D eigenvalue weighted by Gasteiger charge is 2.13. The predicted octanol–water partition coefficient (Wildman–Crippen LogP) is 12.2. The summed E-state index contributed by atoms with van der Waals surface area (Å²) in [7, 11) is 0. The Morgan fingerprint density at radius 3 is 1.40 bits per heavy atom. The predicted molar refractivity (Wildman–Crippen MR) is 187 cm³/mol. The van der Waals surface area contributed by atoms with Crippen LogP contribution in [0.4, 0.5) is 0 Å². The number of allylic oxidation sites excluding steroid dienone is 2. The number of esters is 1. The van der Waals surface area contributed by atoms with Crippen molar-refractivity contribution in [3.05, 3.63) is 12.2 Å². The average Bonchev–Trinajstić information content (AvgIpc) is 3.01. The SMILES string of the molecule is CCCC/C=C\CCCCCCCCOCC(CO)OC(=O)CCCCCCCCCCCCCCCCCCCCC. The molecule has 0 aliphatic rings. The number of aliphatic hydroxyl groups is 1. The molecule has 0 spiro atoms. The third-order valence-electron chi connectivity index (χ3n) is 8.59. The van der Waals surface area contributed by atoms with Crippen LogP contribution in [-0.4, -0.2) is 37.0 Å². The van der Waals surface area contributed by atoms with Gasteiger partial charge in [-0.05, 0) is 32.1 Å². The summed E-state index contributed by atoms with van der Waals surface area (Å²) in [5, 5.41) is 9.55. The number of hydrogen-bond donors (Lipinski definition) is 1. The van der Waals surface area contributed by atoms with Gasteiger partial charge in [-0.3, -0.25) is 4.79 Å². The standard InChI is InChI=1S/C39H76O4/c1-3-5-7-9-11-13-15-17-18-19-20-21-22-23-24-26-28-30-32-34-39(41)43-38(36-40)37-42-35-33-31-29-27-25-16-14-12-10-8-6-4-2/h10,12,38,40H,3-9,11,13-37H2,1-2H3/b12-10-. The second-order valence-corrected chi connectivity index (χ2v) is 13.0. The van der Waals surface area contributed by atoms with Crippen molar-refractivity contribution in [2.45, 2.75) is 213 Å². The lowest BCUT2D eigenvalue weighted by atomic mass is 10.0. The summed E-state index contributed by atoms with van der Waals surface area (Å²) in [5.41, 5.74) is 0. The molecule has 4 heteroatoms.